The molecule has 2 fully saturated rings. The molecular weight excluding hydrogens is 309 g/mol. The minimum absolute atomic E-state index is 0.0609. The van der Waals surface area contributed by atoms with Gasteiger partial charge in [-0.3, -0.25) is 15.0 Å². The van der Waals surface area contributed by atoms with E-state index in [0.29, 0.717) is 5.92 Å². The van der Waals surface area contributed by atoms with E-state index < -0.39 is 11.8 Å². The number of hydrogen-bond acceptors (Lipinski definition) is 3. The molecule has 1 aliphatic heterocycles. The van der Waals surface area contributed by atoms with Crippen LogP contribution in [0.3, 0.4) is 0 Å². The van der Waals surface area contributed by atoms with Gasteiger partial charge in [-0.05, 0) is 43.4 Å². The van der Waals surface area contributed by atoms with Crippen molar-refractivity contribution in [2.75, 3.05) is 25.0 Å². The maximum absolute atomic E-state index is 13.5. The Morgan fingerprint density at radius 3 is 2.67 bits per heavy atom. The quantitative estimate of drug-likeness (QED) is 0.894. The van der Waals surface area contributed by atoms with Crippen LogP contribution >= 0.6 is 0 Å². The summed E-state index contributed by atoms with van der Waals surface area (Å²) >= 11 is 0. The fourth-order valence-corrected chi connectivity index (χ4v) is 3.91. The first kappa shape index (κ1) is 16.9. The Hall–Kier alpha value is -1.95. The molecule has 3 amide bonds. The molecule has 24 heavy (non-hydrogen) atoms. The zero-order chi connectivity index (χ0) is 16.9. The first-order valence-electron chi connectivity index (χ1n) is 8.69. The van der Waals surface area contributed by atoms with Crippen molar-refractivity contribution in [1.82, 2.24) is 10.2 Å². The summed E-state index contributed by atoms with van der Waals surface area (Å²) in [5.41, 5.74) is 0.0609. The Balaban J connectivity index is 1.45. The maximum atomic E-state index is 13.5. The van der Waals surface area contributed by atoms with E-state index in [-0.39, 0.29) is 18.1 Å². The largest absolute Gasteiger partial charge is 0.326 e. The molecule has 3 rings (SSSR count). The summed E-state index contributed by atoms with van der Waals surface area (Å²) in [7, 11) is 0. The third kappa shape index (κ3) is 4.32. The average molecular weight is 333 g/mol. The molecular formula is C18H24FN3O2. The third-order valence-electron chi connectivity index (χ3n) is 5.12. The SMILES string of the molecule is O=C(CN1CC[C@H]2CCCC[C@@H]2C1)NC(=O)Nc1ccccc1F. The van der Waals surface area contributed by atoms with Crippen molar-refractivity contribution in [1.29, 1.82) is 0 Å². The summed E-state index contributed by atoms with van der Waals surface area (Å²) in [4.78, 5) is 26.0. The van der Waals surface area contributed by atoms with E-state index in [1.165, 1.54) is 37.8 Å². The van der Waals surface area contributed by atoms with Crippen molar-refractivity contribution in [3.05, 3.63) is 30.1 Å². The average Bonchev–Trinajstić information content (AvgIpc) is 2.56. The monoisotopic (exact) mass is 333 g/mol. The van der Waals surface area contributed by atoms with Gasteiger partial charge in [0.1, 0.15) is 5.82 Å². The standard InChI is InChI=1S/C18H24FN3O2/c19-15-7-3-4-8-16(15)20-18(24)21-17(23)12-22-10-9-13-5-1-2-6-14(13)11-22/h3-4,7-8,13-14H,1-2,5-6,9-12H2,(H2,20,21,23,24)/t13-,14-/m1/s1. The number of nitrogens with zero attached hydrogens (tertiary/aromatic N) is 1. The highest BCUT2D eigenvalue weighted by Crippen LogP contribution is 2.35. The van der Waals surface area contributed by atoms with E-state index >= 15 is 0 Å². The number of halogens is 1. The lowest BCUT2D eigenvalue weighted by atomic mass is 9.75. The molecule has 1 aliphatic carbocycles. The molecule has 2 atom stereocenters. The van der Waals surface area contributed by atoms with Crippen LogP contribution < -0.4 is 10.6 Å². The van der Waals surface area contributed by atoms with Gasteiger partial charge in [-0.25, -0.2) is 9.18 Å². The van der Waals surface area contributed by atoms with E-state index in [1.54, 1.807) is 12.1 Å². The van der Waals surface area contributed by atoms with Crippen molar-refractivity contribution < 1.29 is 14.0 Å². The van der Waals surface area contributed by atoms with Crippen LogP contribution in [0.5, 0.6) is 0 Å². The lowest BCUT2D eigenvalue weighted by Gasteiger charge is -2.41. The van der Waals surface area contributed by atoms with Gasteiger partial charge in [-0.1, -0.05) is 31.4 Å². The highest BCUT2D eigenvalue weighted by atomic mass is 19.1. The van der Waals surface area contributed by atoms with Crippen LogP contribution in [0.4, 0.5) is 14.9 Å². The van der Waals surface area contributed by atoms with Gasteiger partial charge in [0.05, 0.1) is 12.2 Å². The van der Waals surface area contributed by atoms with Crippen LogP contribution in [0.15, 0.2) is 24.3 Å². The number of likely N-dealkylation sites (tertiary alicyclic amines) is 1. The number of fused-ring (bicyclic) bond motifs is 1. The molecule has 5 nitrogen and oxygen atoms in total. The Morgan fingerprint density at radius 2 is 1.88 bits per heavy atom. The van der Waals surface area contributed by atoms with E-state index in [9.17, 15) is 14.0 Å². The number of urea groups is 1. The summed E-state index contributed by atoms with van der Waals surface area (Å²) in [6.45, 7) is 2.06. The Morgan fingerprint density at radius 1 is 1.12 bits per heavy atom. The summed E-state index contributed by atoms with van der Waals surface area (Å²) in [6.07, 6.45) is 6.32. The van der Waals surface area contributed by atoms with Crippen molar-refractivity contribution in [3.8, 4) is 0 Å². The van der Waals surface area contributed by atoms with Crippen LogP contribution in [0.25, 0.3) is 0 Å². The van der Waals surface area contributed by atoms with E-state index in [2.05, 4.69) is 15.5 Å². The Kier molecular flexibility index (Phi) is 5.45. The molecule has 1 aromatic rings. The highest BCUT2D eigenvalue weighted by molar-refractivity contribution is 6.01. The van der Waals surface area contributed by atoms with Crippen LogP contribution in [-0.2, 0) is 4.79 Å². The van der Waals surface area contributed by atoms with Crippen molar-refractivity contribution in [3.63, 3.8) is 0 Å². The predicted molar refractivity (Wildman–Crippen MR) is 90.1 cm³/mol. The third-order valence-corrected chi connectivity index (χ3v) is 5.12. The smallest absolute Gasteiger partial charge is 0.305 e. The fourth-order valence-electron chi connectivity index (χ4n) is 3.91. The van der Waals surface area contributed by atoms with Gasteiger partial charge in [-0.15, -0.1) is 0 Å². The van der Waals surface area contributed by atoms with E-state index in [4.69, 9.17) is 0 Å². The van der Waals surface area contributed by atoms with Gasteiger partial charge in [0.15, 0.2) is 0 Å². The number of amides is 3. The highest BCUT2D eigenvalue weighted by Gasteiger charge is 2.31. The number of benzene rings is 1. The van der Waals surface area contributed by atoms with Gasteiger partial charge in [0.25, 0.3) is 0 Å². The number of hydrogen-bond donors (Lipinski definition) is 2. The second-order valence-electron chi connectivity index (χ2n) is 6.81. The molecule has 0 bridgehead atoms. The van der Waals surface area contributed by atoms with E-state index in [0.717, 1.165) is 25.4 Å². The molecule has 1 saturated carbocycles. The van der Waals surface area contributed by atoms with Gasteiger partial charge in [0.2, 0.25) is 5.91 Å². The molecule has 0 radical (unpaired) electrons. The molecule has 0 aromatic heterocycles. The number of anilines is 1. The molecule has 0 unspecified atom stereocenters. The molecule has 1 heterocycles. The maximum Gasteiger partial charge on any atom is 0.326 e. The van der Waals surface area contributed by atoms with Crippen molar-refractivity contribution in [2.45, 2.75) is 32.1 Å². The fraction of sp³-hybridized carbons (Fsp3) is 0.556. The molecule has 0 spiro atoms. The van der Waals surface area contributed by atoms with Crippen LogP contribution in [0.1, 0.15) is 32.1 Å². The molecule has 2 aliphatic rings. The van der Waals surface area contributed by atoms with Crippen LogP contribution in [-0.4, -0.2) is 36.5 Å². The zero-order valence-electron chi connectivity index (χ0n) is 13.8. The van der Waals surface area contributed by atoms with Crippen LogP contribution in [0, 0.1) is 17.7 Å². The minimum atomic E-state index is -0.697. The summed E-state index contributed by atoms with van der Waals surface area (Å²) < 4.78 is 13.5. The second kappa shape index (κ2) is 7.75. The van der Waals surface area contributed by atoms with Crippen LogP contribution in [0.2, 0.25) is 0 Å². The number of rotatable bonds is 3. The summed E-state index contributed by atoms with van der Waals surface area (Å²) in [5.74, 6) is 0.618. The number of carbonyl (C=O) groups excluding carboxylic acids is 2. The Labute approximate surface area is 141 Å². The number of para-hydroxylation sites is 1. The molecule has 1 aromatic carbocycles. The number of imide groups is 1. The first-order valence-corrected chi connectivity index (χ1v) is 8.69. The van der Waals surface area contributed by atoms with Gasteiger partial charge in [0, 0.05) is 6.54 Å². The van der Waals surface area contributed by atoms with E-state index in [1.807, 2.05) is 0 Å². The number of piperidine rings is 1. The predicted octanol–water partition coefficient (Wildman–Crippen LogP) is 2.99. The van der Waals surface area contributed by atoms with Gasteiger partial charge >= 0.3 is 6.03 Å². The minimum Gasteiger partial charge on any atom is -0.305 e. The summed E-state index contributed by atoms with van der Waals surface area (Å²) in [5, 5.41) is 4.64. The van der Waals surface area contributed by atoms with Crippen molar-refractivity contribution >= 4 is 17.6 Å². The lowest BCUT2D eigenvalue weighted by Crippen LogP contribution is -2.47. The normalized spacial score (nSPS) is 24.0. The first-order chi connectivity index (χ1) is 11.6. The molecule has 130 valence electrons. The zero-order valence-corrected chi connectivity index (χ0v) is 13.8. The van der Waals surface area contributed by atoms with Gasteiger partial charge < -0.3 is 5.32 Å². The second-order valence-corrected chi connectivity index (χ2v) is 6.81. The lowest BCUT2D eigenvalue weighted by molar-refractivity contribution is -0.121. The summed E-state index contributed by atoms with van der Waals surface area (Å²) in [6, 6.07) is 5.17. The Bertz CT molecular complexity index is 608. The topological polar surface area (TPSA) is 61.4 Å². The number of nitrogens with one attached hydrogen (secondary N) is 2. The molecule has 1 saturated heterocycles. The van der Waals surface area contributed by atoms with Crippen molar-refractivity contribution in [2.24, 2.45) is 11.8 Å². The van der Waals surface area contributed by atoms with Gasteiger partial charge in [-0.2, -0.15) is 0 Å². The number of carbonyl (C=O) groups is 2. The molecule has 6 heteroatoms. The molecule has 2 N–H and O–H groups in total.